The minimum atomic E-state index is -0.758. The molecule has 0 amide bonds. The maximum absolute atomic E-state index is 12.7. The molecule has 6 nitrogen and oxygen atoms in total. The van der Waals surface area contributed by atoms with Crippen molar-refractivity contribution in [3.05, 3.63) is 0 Å². The fourth-order valence-electron chi connectivity index (χ4n) is 6.80. The second-order valence-electron chi connectivity index (χ2n) is 16.2. The summed E-state index contributed by atoms with van der Waals surface area (Å²) in [5.74, 6) is -0.0815. The van der Waals surface area contributed by atoms with Crippen LogP contribution in [0.5, 0.6) is 0 Å². The molecule has 0 saturated carbocycles. The molecule has 0 aromatic heterocycles. The molecule has 0 aliphatic carbocycles. The highest BCUT2D eigenvalue weighted by Crippen LogP contribution is 2.16. The number of rotatable bonds is 41. The summed E-state index contributed by atoms with van der Waals surface area (Å²) in [4.78, 5) is 37.5. The van der Waals surface area contributed by atoms with Crippen LogP contribution in [0.2, 0.25) is 0 Å². The minimum Gasteiger partial charge on any atom is -0.462 e. The van der Waals surface area contributed by atoms with E-state index in [9.17, 15) is 14.4 Å². The Labute approximate surface area is 323 Å². The van der Waals surface area contributed by atoms with Crippen molar-refractivity contribution in [1.82, 2.24) is 0 Å². The van der Waals surface area contributed by atoms with Crippen molar-refractivity contribution in [2.75, 3.05) is 13.2 Å². The molecule has 0 saturated heterocycles. The second kappa shape index (κ2) is 40.6. The lowest BCUT2D eigenvalue weighted by atomic mass is 10.0. The van der Waals surface area contributed by atoms with Crippen LogP contribution in [0.1, 0.15) is 252 Å². The van der Waals surface area contributed by atoms with Gasteiger partial charge in [0.15, 0.2) is 6.10 Å². The van der Waals surface area contributed by atoms with Gasteiger partial charge < -0.3 is 14.2 Å². The maximum Gasteiger partial charge on any atom is 0.306 e. The number of carbonyl (C=O) groups excluding carboxylic acids is 3. The highest BCUT2D eigenvalue weighted by atomic mass is 16.6. The molecule has 1 atom stereocenters. The molecule has 6 heteroatoms. The summed E-state index contributed by atoms with van der Waals surface area (Å²) in [5.41, 5.74) is 0. The average molecular weight is 737 g/mol. The summed E-state index contributed by atoms with van der Waals surface area (Å²) in [5, 5.41) is 0. The maximum atomic E-state index is 12.7. The Bertz CT molecular complexity index is 781. The Morgan fingerprint density at radius 1 is 0.365 bits per heavy atom. The zero-order chi connectivity index (χ0) is 38.2. The summed E-state index contributed by atoms with van der Waals surface area (Å²) >= 11 is 0. The molecule has 0 aliphatic rings. The van der Waals surface area contributed by atoms with Gasteiger partial charge in [0, 0.05) is 19.3 Å². The van der Waals surface area contributed by atoms with Crippen molar-refractivity contribution in [3.63, 3.8) is 0 Å². The van der Waals surface area contributed by atoms with Crippen molar-refractivity contribution >= 4 is 17.9 Å². The molecule has 0 N–H and O–H groups in total. The number of unbranched alkanes of at least 4 members (excludes halogenated alkanes) is 28. The van der Waals surface area contributed by atoms with Gasteiger partial charge in [-0.25, -0.2) is 0 Å². The zero-order valence-electron chi connectivity index (χ0n) is 35.3. The quantitative estimate of drug-likeness (QED) is 0.0353. The predicted molar refractivity (Wildman–Crippen MR) is 220 cm³/mol. The Morgan fingerprint density at radius 3 is 0.942 bits per heavy atom. The number of hydrogen-bond acceptors (Lipinski definition) is 6. The van der Waals surface area contributed by atoms with Gasteiger partial charge in [-0.1, -0.05) is 214 Å². The first kappa shape index (κ1) is 50.4. The molecular formula is C46H88O6. The van der Waals surface area contributed by atoms with Crippen molar-refractivity contribution < 1.29 is 28.6 Å². The van der Waals surface area contributed by atoms with E-state index in [1.165, 1.54) is 148 Å². The van der Waals surface area contributed by atoms with E-state index >= 15 is 0 Å². The van der Waals surface area contributed by atoms with Crippen LogP contribution in [0.3, 0.4) is 0 Å². The van der Waals surface area contributed by atoms with Gasteiger partial charge in [0.05, 0.1) is 0 Å². The average Bonchev–Trinajstić information content (AvgIpc) is 3.12. The molecule has 0 radical (unpaired) electrons. The molecule has 308 valence electrons. The number of hydrogen-bond donors (Lipinski definition) is 0. The monoisotopic (exact) mass is 737 g/mol. The second-order valence-corrected chi connectivity index (χ2v) is 16.2. The van der Waals surface area contributed by atoms with Crippen LogP contribution in [0.15, 0.2) is 0 Å². The highest BCUT2D eigenvalue weighted by Gasteiger charge is 2.19. The van der Waals surface area contributed by atoms with E-state index in [1.54, 1.807) is 0 Å². The molecule has 0 aliphatic heterocycles. The Morgan fingerprint density at radius 2 is 0.635 bits per heavy atom. The van der Waals surface area contributed by atoms with E-state index < -0.39 is 6.10 Å². The summed E-state index contributed by atoms with van der Waals surface area (Å²) in [6.07, 6.45) is 39.6. The first-order valence-corrected chi connectivity index (χ1v) is 22.9. The molecule has 0 fully saturated rings. The number of carbonyl (C=O) groups is 3. The van der Waals surface area contributed by atoms with Crippen LogP contribution in [0.4, 0.5) is 0 Å². The van der Waals surface area contributed by atoms with E-state index in [4.69, 9.17) is 14.2 Å². The molecular weight excluding hydrogens is 648 g/mol. The predicted octanol–water partition coefficient (Wildman–Crippen LogP) is 14.3. The molecule has 0 bridgehead atoms. The van der Waals surface area contributed by atoms with E-state index in [0.717, 1.165) is 63.7 Å². The lowest BCUT2D eigenvalue weighted by Gasteiger charge is -2.18. The highest BCUT2D eigenvalue weighted by molar-refractivity contribution is 5.71. The van der Waals surface area contributed by atoms with Gasteiger partial charge in [0.2, 0.25) is 0 Å². The van der Waals surface area contributed by atoms with Crippen molar-refractivity contribution in [2.45, 2.75) is 259 Å². The Hall–Kier alpha value is -1.59. The third-order valence-electron chi connectivity index (χ3n) is 10.3. The first-order chi connectivity index (χ1) is 25.4. The summed E-state index contributed by atoms with van der Waals surface area (Å²) in [6, 6.07) is 0. The van der Waals surface area contributed by atoms with Crippen LogP contribution in [0, 0.1) is 5.92 Å². The van der Waals surface area contributed by atoms with Gasteiger partial charge in [-0.05, 0) is 25.2 Å². The summed E-state index contributed by atoms with van der Waals surface area (Å²) in [6.45, 7) is 8.91. The van der Waals surface area contributed by atoms with Crippen LogP contribution in [0.25, 0.3) is 0 Å². The Kier molecular flexibility index (Phi) is 39.4. The SMILES string of the molecule is CCCCCCCCCCCCCCCCCCCC(=O)O[C@@H](COC(=O)CCCCCCCCC)COC(=O)CCCCCCCCCC(C)C. The molecule has 0 unspecified atom stereocenters. The molecule has 0 aromatic rings. The van der Waals surface area contributed by atoms with Crippen molar-refractivity contribution in [1.29, 1.82) is 0 Å². The van der Waals surface area contributed by atoms with Gasteiger partial charge in [-0.3, -0.25) is 14.4 Å². The number of esters is 3. The van der Waals surface area contributed by atoms with Gasteiger partial charge in [0.1, 0.15) is 13.2 Å². The van der Waals surface area contributed by atoms with Gasteiger partial charge in [-0.2, -0.15) is 0 Å². The smallest absolute Gasteiger partial charge is 0.306 e. The fourth-order valence-corrected chi connectivity index (χ4v) is 6.80. The van der Waals surface area contributed by atoms with E-state index in [1.807, 2.05) is 0 Å². The van der Waals surface area contributed by atoms with Crippen LogP contribution in [-0.2, 0) is 28.6 Å². The van der Waals surface area contributed by atoms with Crippen LogP contribution >= 0.6 is 0 Å². The van der Waals surface area contributed by atoms with Crippen molar-refractivity contribution in [2.24, 2.45) is 5.92 Å². The van der Waals surface area contributed by atoms with Gasteiger partial charge >= 0.3 is 17.9 Å². The lowest BCUT2D eigenvalue weighted by Crippen LogP contribution is -2.30. The zero-order valence-corrected chi connectivity index (χ0v) is 35.3. The van der Waals surface area contributed by atoms with E-state index in [-0.39, 0.29) is 31.1 Å². The van der Waals surface area contributed by atoms with Crippen molar-refractivity contribution in [3.8, 4) is 0 Å². The normalized spacial score (nSPS) is 11.9. The third-order valence-corrected chi connectivity index (χ3v) is 10.3. The molecule has 0 spiro atoms. The minimum absolute atomic E-state index is 0.0653. The topological polar surface area (TPSA) is 78.9 Å². The largest absolute Gasteiger partial charge is 0.462 e. The van der Waals surface area contributed by atoms with Gasteiger partial charge in [0.25, 0.3) is 0 Å². The Balaban J connectivity index is 4.22. The lowest BCUT2D eigenvalue weighted by molar-refractivity contribution is -0.167. The first-order valence-electron chi connectivity index (χ1n) is 22.9. The van der Waals surface area contributed by atoms with Gasteiger partial charge in [-0.15, -0.1) is 0 Å². The van der Waals surface area contributed by atoms with Crippen LogP contribution < -0.4 is 0 Å². The van der Waals surface area contributed by atoms with E-state index in [0.29, 0.717) is 19.3 Å². The third kappa shape index (κ3) is 39.6. The molecule has 0 rings (SSSR count). The van der Waals surface area contributed by atoms with E-state index in [2.05, 4.69) is 27.7 Å². The summed E-state index contributed by atoms with van der Waals surface area (Å²) in [7, 11) is 0. The molecule has 0 heterocycles. The summed E-state index contributed by atoms with van der Waals surface area (Å²) < 4.78 is 16.6. The molecule has 52 heavy (non-hydrogen) atoms. The molecule has 0 aromatic carbocycles. The van der Waals surface area contributed by atoms with Crippen LogP contribution in [-0.4, -0.2) is 37.2 Å². The fraction of sp³-hybridized carbons (Fsp3) is 0.935. The number of ether oxygens (including phenoxy) is 3. The standard InChI is InChI=1S/C46H88O6/c1-5-7-9-11-13-14-15-16-17-18-19-20-21-22-26-31-35-39-46(49)52-43(40-50-44(47)37-33-29-24-12-10-8-6-2)41-51-45(48)38-34-30-27-23-25-28-32-36-42(3)4/h42-43H,5-41H2,1-4H3/t43-/m0/s1.